The second kappa shape index (κ2) is 10.4. The minimum absolute atomic E-state index is 0.607. The number of nitrogens with one attached hydrogen (secondary N) is 1. The van der Waals surface area contributed by atoms with Crippen molar-refractivity contribution in [1.29, 1.82) is 0 Å². The predicted octanol–water partition coefficient (Wildman–Crippen LogP) is 1.73. The Labute approximate surface area is 95.2 Å². The molecule has 0 aromatic rings. The van der Waals surface area contributed by atoms with Crippen LogP contribution in [-0.4, -0.2) is 50.8 Å². The van der Waals surface area contributed by atoms with Gasteiger partial charge in [0.15, 0.2) is 0 Å². The smallest absolute Gasteiger partial charge is 0.0587 e. The highest BCUT2D eigenvalue weighted by Crippen LogP contribution is 1.99. The summed E-state index contributed by atoms with van der Waals surface area (Å²) in [4.78, 5) is 2.47. The van der Waals surface area contributed by atoms with E-state index in [4.69, 9.17) is 4.74 Å². The molecule has 0 aliphatic rings. The Morgan fingerprint density at radius 1 is 1.27 bits per heavy atom. The Bertz CT molecular complexity index is 127. The van der Waals surface area contributed by atoms with Crippen molar-refractivity contribution in [3.63, 3.8) is 0 Å². The molecule has 0 saturated heterocycles. The first-order valence-corrected chi connectivity index (χ1v) is 6.19. The molecule has 0 aromatic carbocycles. The molecular weight excluding hydrogens is 188 g/mol. The number of rotatable bonds is 10. The number of nitrogens with zero attached hydrogens (tertiary/aromatic N) is 1. The lowest BCUT2D eigenvalue weighted by molar-refractivity contribution is 0.195. The highest BCUT2D eigenvalue weighted by Gasteiger charge is 2.02. The lowest BCUT2D eigenvalue weighted by Gasteiger charge is -2.19. The van der Waals surface area contributed by atoms with Gasteiger partial charge in [-0.1, -0.05) is 13.8 Å². The molecule has 3 heteroatoms. The first kappa shape index (κ1) is 14.9. The van der Waals surface area contributed by atoms with Gasteiger partial charge in [-0.05, 0) is 39.4 Å². The van der Waals surface area contributed by atoms with Crippen LogP contribution in [0.3, 0.4) is 0 Å². The molecule has 0 spiro atoms. The molecule has 0 rings (SSSR count). The van der Waals surface area contributed by atoms with Gasteiger partial charge in [0.1, 0.15) is 0 Å². The average Bonchev–Trinajstić information content (AvgIpc) is 2.25. The third kappa shape index (κ3) is 8.85. The van der Waals surface area contributed by atoms with E-state index in [1.54, 1.807) is 7.11 Å². The largest absolute Gasteiger partial charge is 0.383 e. The molecule has 92 valence electrons. The zero-order chi connectivity index (χ0) is 11.5. The molecule has 0 aliphatic carbocycles. The van der Waals surface area contributed by atoms with Crippen LogP contribution in [0.5, 0.6) is 0 Å². The van der Waals surface area contributed by atoms with Crippen molar-refractivity contribution >= 4 is 0 Å². The van der Waals surface area contributed by atoms with Crippen LogP contribution in [0.4, 0.5) is 0 Å². The van der Waals surface area contributed by atoms with Crippen LogP contribution in [0.25, 0.3) is 0 Å². The summed E-state index contributed by atoms with van der Waals surface area (Å²) < 4.78 is 5.00. The monoisotopic (exact) mass is 216 g/mol. The lowest BCUT2D eigenvalue weighted by atomic mass is 10.2. The molecule has 0 amide bonds. The third-order valence-electron chi connectivity index (χ3n) is 2.80. The van der Waals surface area contributed by atoms with Gasteiger partial charge in [0.25, 0.3) is 0 Å². The number of hydrogen-bond acceptors (Lipinski definition) is 3. The van der Waals surface area contributed by atoms with E-state index in [-0.39, 0.29) is 0 Å². The molecule has 0 saturated carbocycles. The standard InChI is InChI=1S/C12H28N2O/c1-5-14(6-2)10-7-8-12(3)13-9-11-15-4/h12-13H,5-11H2,1-4H3. The molecule has 0 radical (unpaired) electrons. The molecule has 1 N–H and O–H groups in total. The summed E-state index contributed by atoms with van der Waals surface area (Å²) in [6.45, 7) is 12.0. The van der Waals surface area contributed by atoms with Gasteiger partial charge in [-0.2, -0.15) is 0 Å². The van der Waals surface area contributed by atoms with Crippen molar-refractivity contribution in [2.45, 2.75) is 39.7 Å². The summed E-state index contributed by atoms with van der Waals surface area (Å²) in [5.41, 5.74) is 0. The van der Waals surface area contributed by atoms with E-state index in [0.717, 1.165) is 13.2 Å². The quantitative estimate of drug-likeness (QED) is 0.563. The zero-order valence-electron chi connectivity index (χ0n) is 10.9. The van der Waals surface area contributed by atoms with Gasteiger partial charge in [-0.25, -0.2) is 0 Å². The molecule has 0 aromatic heterocycles. The summed E-state index contributed by atoms with van der Waals surface area (Å²) in [6, 6.07) is 0.607. The van der Waals surface area contributed by atoms with Crippen LogP contribution in [0.2, 0.25) is 0 Å². The Morgan fingerprint density at radius 2 is 1.93 bits per heavy atom. The summed E-state index contributed by atoms with van der Waals surface area (Å²) in [6.07, 6.45) is 2.53. The van der Waals surface area contributed by atoms with Crippen molar-refractivity contribution in [3.05, 3.63) is 0 Å². The Hall–Kier alpha value is -0.120. The number of ether oxygens (including phenoxy) is 1. The minimum atomic E-state index is 0.607. The highest BCUT2D eigenvalue weighted by atomic mass is 16.5. The fourth-order valence-electron chi connectivity index (χ4n) is 1.67. The number of methoxy groups -OCH3 is 1. The molecule has 1 unspecified atom stereocenters. The van der Waals surface area contributed by atoms with Crippen LogP contribution in [-0.2, 0) is 4.74 Å². The zero-order valence-corrected chi connectivity index (χ0v) is 10.9. The van der Waals surface area contributed by atoms with E-state index < -0.39 is 0 Å². The molecular formula is C12H28N2O. The van der Waals surface area contributed by atoms with E-state index in [9.17, 15) is 0 Å². The molecule has 0 heterocycles. The van der Waals surface area contributed by atoms with Crippen LogP contribution in [0.15, 0.2) is 0 Å². The van der Waals surface area contributed by atoms with E-state index in [1.165, 1.54) is 32.5 Å². The summed E-state index contributed by atoms with van der Waals surface area (Å²) in [7, 11) is 1.74. The van der Waals surface area contributed by atoms with Crippen LogP contribution in [0, 0.1) is 0 Å². The van der Waals surface area contributed by atoms with Crippen molar-refractivity contribution in [2.24, 2.45) is 0 Å². The molecule has 1 atom stereocenters. The van der Waals surface area contributed by atoms with Crippen molar-refractivity contribution in [1.82, 2.24) is 10.2 Å². The lowest BCUT2D eigenvalue weighted by Crippen LogP contribution is -2.31. The Kier molecular flexibility index (Phi) is 10.3. The second-order valence-corrected chi connectivity index (χ2v) is 4.02. The Morgan fingerprint density at radius 3 is 2.47 bits per heavy atom. The fraction of sp³-hybridized carbons (Fsp3) is 1.00. The topological polar surface area (TPSA) is 24.5 Å². The van der Waals surface area contributed by atoms with Crippen LogP contribution < -0.4 is 5.32 Å². The van der Waals surface area contributed by atoms with Crippen LogP contribution in [0.1, 0.15) is 33.6 Å². The van der Waals surface area contributed by atoms with E-state index in [2.05, 4.69) is 31.0 Å². The van der Waals surface area contributed by atoms with Gasteiger partial charge >= 0.3 is 0 Å². The molecule has 3 nitrogen and oxygen atoms in total. The van der Waals surface area contributed by atoms with Gasteiger partial charge < -0.3 is 15.0 Å². The molecule has 0 fully saturated rings. The maximum atomic E-state index is 5.00. The second-order valence-electron chi connectivity index (χ2n) is 4.02. The van der Waals surface area contributed by atoms with Gasteiger partial charge in [0.05, 0.1) is 6.61 Å². The maximum absolute atomic E-state index is 5.00. The maximum Gasteiger partial charge on any atom is 0.0587 e. The van der Waals surface area contributed by atoms with Crippen molar-refractivity contribution < 1.29 is 4.74 Å². The van der Waals surface area contributed by atoms with Gasteiger partial charge in [0, 0.05) is 19.7 Å². The third-order valence-corrected chi connectivity index (χ3v) is 2.80. The van der Waals surface area contributed by atoms with Gasteiger partial charge in [-0.15, -0.1) is 0 Å². The first-order chi connectivity index (χ1) is 7.24. The van der Waals surface area contributed by atoms with Crippen LogP contribution >= 0.6 is 0 Å². The summed E-state index contributed by atoms with van der Waals surface area (Å²) in [5.74, 6) is 0. The SMILES string of the molecule is CCN(CC)CCCC(C)NCCOC. The number of hydrogen-bond donors (Lipinski definition) is 1. The summed E-state index contributed by atoms with van der Waals surface area (Å²) in [5, 5.41) is 3.45. The van der Waals surface area contributed by atoms with Gasteiger partial charge in [-0.3, -0.25) is 0 Å². The van der Waals surface area contributed by atoms with E-state index in [0.29, 0.717) is 6.04 Å². The first-order valence-electron chi connectivity index (χ1n) is 6.19. The minimum Gasteiger partial charge on any atom is -0.383 e. The summed E-state index contributed by atoms with van der Waals surface area (Å²) >= 11 is 0. The van der Waals surface area contributed by atoms with Crippen molar-refractivity contribution in [3.8, 4) is 0 Å². The molecule has 0 aliphatic heterocycles. The van der Waals surface area contributed by atoms with E-state index in [1.807, 2.05) is 0 Å². The van der Waals surface area contributed by atoms with E-state index >= 15 is 0 Å². The van der Waals surface area contributed by atoms with Gasteiger partial charge in [0.2, 0.25) is 0 Å². The Balaban J connectivity index is 3.33. The predicted molar refractivity (Wildman–Crippen MR) is 66.4 cm³/mol. The molecule has 15 heavy (non-hydrogen) atoms. The normalized spacial score (nSPS) is 13.4. The highest BCUT2D eigenvalue weighted by molar-refractivity contribution is 4.62. The average molecular weight is 216 g/mol. The molecule has 0 bridgehead atoms. The fourth-order valence-corrected chi connectivity index (χ4v) is 1.67. The van der Waals surface area contributed by atoms with Crippen molar-refractivity contribution in [2.75, 3.05) is 39.9 Å².